The van der Waals surface area contributed by atoms with E-state index in [9.17, 15) is 0 Å². The topological polar surface area (TPSA) is 21.3 Å². The zero-order valence-electron chi connectivity index (χ0n) is 13.7. The Morgan fingerprint density at radius 3 is 2.32 bits per heavy atom. The molecule has 2 nitrogen and oxygen atoms in total. The number of hydrogen-bond donors (Lipinski definition) is 1. The van der Waals surface area contributed by atoms with E-state index < -0.39 is 0 Å². The number of hydrogen-bond acceptors (Lipinski definition) is 2. The number of nitrogens with one attached hydrogen (secondary N) is 1. The van der Waals surface area contributed by atoms with Gasteiger partial charge in [0.15, 0.2) is 0 Å². The molecule has 0 spiro atoms. The number of ether oxygens (including phenoxy) is 1. The molecule has 1 aliphatic carbocycles. The Kier molecular flexibility index (Phi) is 8.18. The molecule has 1 aliphatic rings. The summed E-state index contributed by atoms with van der Waals surface area (Å²) in [6, 6.07) is 11.8. The Hall–Kier alpha value is -0.640. The molecule has 25 heavy (non-hydrogen) atoms. The minimum Gasteiger partial charge on any atom is -0.489 e. The zero-order chi connectivity index (χ0) is 16.9. The standard InChI is InChI=1S/C19H20Cl3NO.ClH/c20-15-7-8-19(14(9-15)11-23-17-3-1-2-4-17)24-12-13-5-6-16(21)10-18(13)22;/h5-10,17,23H,1-4,11-12H2;1H. The lowest BCUT2D eigenvalue weighted by Gasteiger charge is -2.16. The number of rotatable bonds is 6. The average Bonchev–Trinajstić information content (AvgIpc) is 3.07. The molecule has 0 aromatic heterocycles. The van der Waals surface area contributed by atoms with Crippen LogP contribution >= 0.6 is 47.2 Å². The monoisotopic (exact) mass is 419 g/mol. The van der Waals surface area contributed by atoms with Gasteiger partial charge in [-0.05, 0) is 43.2 Å². The molecule has 1 N–H and O–H groups in total. The summed E-state index contributed by atoms with van der Waals surface area (Å²) < 4.78 is 5.99. The largest absolute Gasteiger partial charge is 0.489 e. The molecular formula is C19H21Cl4NO. The normalized spacial score (nSPS) is 14.4. The summed E-state index contributed by atoms with van der Waals surface area (Å²) in [7, 11) is 0. The van der Waals surface area contributed by atoms with Gasteiger partial charge in [-0.1, -0.05) is 53.7 Å². The van der Waals surface area contributed by atoms with E-state index in [-0.39, 0.29) is 12.4 Å². The van der Waals surface area contributed by atoms with Crippen molar-refractivity contribution >= 4 is 47.2 Å². The van der Waals surface area contributed by atoms with Gasteiger partial charge in [0, 0.05) is 38.8 Å². The molecule has 1 fully saturated rings. The van der Waals surface area contributed by atoms with Crippen LogP contribution in [0.1, 0.15) is 36.8 Å². The highest BCUT2D eigenvalue weighted by Crippen LogP contribution is 2.27. The van der Waals surface area contributed by atoms with Crippen LogP contribution in [-0.2, 0) is 13.2 Å². The fraction of sp³-hybridized carbons (Fsp3) is 0.368. The molecule has 0 saturated heterocycles. The molecule has 0 aliphatic heterocycles. The molecule has 2 aromatic rings. The molecule has 1 saturated carbocycles. The summed E-state index contributed by atoms with van der Waals surface area (Å²) >= 11 is 18.3. The molecule has 136 valence electrons. The Morgan fingerprint density at radius 1 is 0.920 bits per heavy atom. The van der Waals surface area contributed by atoms with Gasteiger partial charge in [0.2, 0.25) is 0 Å². The summed E-state index contributed by atoms with van der Waals surface area (Å²) in [6.45, 7) is 1.16. The smallest absolute Gasteiger partial charge is 0.124 e. The maximum atomic E-state index is 6.21. The summed E-state index contributed by atoms with van der Waals surface area (Å²) in [5.41, 5.74) is 1.98. The van der Waals surface area contributed by atoms with Gasteiger partial charge < -0.3 is 10.1 Å². The first-order chi connectivity index (χ1) is 11.6. The van der Waals surface area contributed by atoms with Crippen LogP contribution < -0.4 is 10.1 Å². The third-order valence-electron chi connectivity index (χ3n) is 4.36. The van der Waals surface area contributed by atoms with E-state index in [1.54, 1.807) is 6.07 Å². The first-order valence-electron chi connectivity index (χ1n) is 8.20. The molecule has 0 atom stereocenters. The van der Waals surface area contributed by atoms with Crippen molar-refractivity contribution in [3.8, 4) is 5.75 Å². The van der Waals surface area contributed by atoms with Gasteiger partial charge in [0.25, 0.3) is 0 Å². The van der Waals surface area contributed by atoms with E-state index >= 15 is 0 Å². The van der Waals surface area contributed by atoms with Crippen LogP contribution in [0.4, 0.5) is 0 Å². The van der Waals surface area contributed by atoms with Crippen molar-refractivity contribution in [2.75, 3.05) is 0 Å². The van der Waals surface area contributed by atoms with Gasteiger partial charge in [-0.3, -0.25) is 0 Å². The van der Waals surface area contributed by atoms with Crippen molar-refractivity contribution in [1.82, 2.24) is 5.32 Å². The molecule has 0 unspecified atom stereocenters. The minimum absolute atomic E-state index is 0. The molecule has 2 aromatic carbocycles. The van der Waals surface area contributed by atoms with Crippen LogP contribution in [0.15, 0.2) is 36.4 Å². The molecule has 0 radical (unpaired) electrons. The second-order valence-electron chi connectivity index (χ2n) is 6.14. The van der Waals surface area contributed by atoms with Gasteiger partial charge in [-0.25, -0.2) is 0 Å². The van der Waals surface area contributed by atoms with Gasteiger partial charge in [-0.15, -0.1) is 12.4 Å². The van der Waals surface area contributed by atoms with Crippen molar-refractivity contribution in [3.63, 3.8) is 0 Å². The first-order valence-corrected chi connectivity index (χ1v) is 9.34. The van der Waals surface area contributed by atoms with Gasteiger partial charge in [-0.2, -0.15) is 0 Å². The SMILES string of the molecule is Cl.Clc1ccc(COc2ccc(Cl)cc2CNC2CCCC2)c(Cl)c1. The second kappa shape index (κ2) is 9.89. The van der Waals surface area contributed by atoms with Crippen LogP contribution in [0.5, 0.6) is 5.75 Å². The van der Waals surface area contributed by atoms with Gasteiger partial charge in [0.1, 0.15) is 12.4 Å². The Morgan fingerprint density at radius 2 is 1.60 bits per heavy atom. The lowest BCUT2D eigenvalue weighted by Crippen LogP contribution is -2.25. The predicted octanol–water partition coefficient (Wildman–Crippen LogP) is 6.68. The highest BCUT2D eigenvalue weighted by Gasteiger charge is 2.15. The maximum absolute atomic E-state index is 6.21. The summed E-state index contributed by atoms with van der Waals surface area (Å²) in [5.74, 6) is 0.830. The van der Waals surface area contributed by atoms with Crippen molar-refractivity contribution in [2.24, 2.45) is 0 Å². The van der Waals surface area contributed by atoms with Crippen molar-refractivity contribution in [1.29, 1.82) is 0 Å². The number of benzene rings is 2. The Bertz CT molecular complexity index is 702. The lowest BCUT2D eigenvalue weighted by molar-refractivity contribution is 0.301. The maximum Gasteiger partial charge on any atom is 0.124 e. The third-order valence-corrected chi connectivity index (χ3v) is 5.18. The highest BCUT2D eigenvalue weighted by molar-refractivity contribution is 6.35. The quantitative estimate of drug-likeness (QED) is 0.562. The highest BCUT2D eigenvalue weighted by atomic mass is 35.5. The molecule has 3 rings (SSSR count). The summed E-state index contributed by atoms with van der Waals surface area (Å²) in [5, 5.41) is 5.55. The van der Waals surface area contributed by atoms with E-state index in [1.165, 1.54) is 25.7 Å². The van der Waals surface area contributed by atoms with E-state index in [0.717, 1.165) is 28.4 Å². The van der Waals surface area contributed by atoms with Crippen molar-refractivity contribution in [2.45, 2.75) is 44.9 Å². The Labute approximate surface area is 170 Å². The fourth-order valence-corrected chi connectivity index (χ4v) is 3.66. The third kappa shape index (κ3) is 5.94. The van der Waals surface area contributed by atoms with E-state index in [1.807, 2.05) is 30.3 Å². The average molecular weight is 421 g/mol. The zero-order valence-corrected chi connectivity index (χ0v) is 16.8. The number of halogens is 4. The van der Waals surface area contributed by atoms with Crippen molar-refractivity contribution in [3.05, 3.63) is 62.6 Å². The molecule has 0 amide bonds. The molecular weight excluding hydrogens is 400 g/mol. The van der Waals surface area contributed by atoms with Crippen LogP contribution in [-0.4, -0.2) is 6.04 Å². The summed E-state index contributed by atoms with van der Waals surface area (Å²) in [6.07, 6.45) is 5.12. The lowest BCUT2D eigenvalue weighted by atomic mass is 10.1. The summed E-state index contributed by atoms with van der Waals surface area (Å²) in [4.78, 5) is 0. The van der Waals surface area contributed by atoms with E-state index in [2.05, 4.69) is 5.32 Å². The van der Waals surface area contributed by atoms with Crippen molar-refractivity contribution < 1.29 is 4.74 Å². The van der Waals surface area contributed by atoms with Crippen LogP contribution in [0.2, 0.25) is 15.1 Å². The van der Waals surface area contributed by atoms with Crippen LogP contribution in [0.3, 0.4) is 0 Å². The van der Waals surface area contributed by atoms with E-state index in [4.69, 9.17) is 39.5 Å². The Balaban J connectivity index is 0.00000225. The van der Waals surface area contributed by atoms with Gasteiger partial charge in [0.05, 0.1) is 0 Å². The first kappa shape index (κ1) is 20.7. The minimum atomic E-state index is 0. The van der Waals surface area contributed by atoms with Crippen LogP contribution in [0, 0.1) is 0 Å². The second-order valence-corrected chi connectivity index (χ2v) is 7.42. The predicted molar refractivity (Wildman–Crippen MR) is 109 cm³/mol. The molecule has 6 heteroatoms. The molecule has 0 bridgehead atoms. The fourth-order valence-electron chi connectivity index (χ4n) is 3.01. The van der Waals surface area contributed by atoms with Gasteiger partial charge >= 0.3 is 0 Å². The molecule has 0 heterocycles. The van der Waals surface area contributed by atoms with E-state index in [0.29, 0.717) is 22.7 Å². The van der Waals surface area contributed by atoms with Crippen LogP contribution in [0.25, 0.3) is 0 Å².